The van der Waals surface area contributed by atoms with Gasteiger partial charge in [0.2, 0.25) is 0 Å². The molecule has 3 rings (SSSR count). The first-order valence-corrected chi connectivity index (χ1v) is 6.01. The van der Waals surface area contributed by atoms with Gasteiger partial charge in [-0.2, -0.15) is 5.10 Å². The van der Waals surface area contributed by atoms with Crippen molar-refractivity contribution in [1.82, 2.24) is 19.7 Å². The zero-order chi connectivity index (χ0) is 14.1. The van der Waals surface area contributed by atoms with E-state index in [9.17, 15) is 4.39 Å². The van der Waals surface area contributed by atoms with Gasteiger partial charge in [0, 0.05) is 25.0 Å². The van der Waals surface area contributed by atoms with Gasteiger partial charge in [0.15, 0.2) is 0 Å². The molecule has 0 aromatic carbocycles. The van der Waals surface area contributed by atoms with Crippen LogP contribution in [0.5, 0.6) is 0 Å². The SMILES string of the molecule is Cn1cc(-c2ccnc(N)c2)c(-c2ccc(F)cn2)n1. The van der Waals surface area contributed by atoms with E-state index < -0.39 is 0 Å². The maximum absolute atomic E-state index is 13.0. The van der Waals surface area contributed by atoms with E-state index in [1.165, 1.54) is 12.3 Å². The summed E-state index contributed by atoms with van der Waals surface area (Å²) < 4.78 is 14.7. The number of pyridine rings is 2. The van der Waals surface area contributed by atoms with Crippen LogP contribution in [-0.2, 0) is 7.05 Å². The fraction of sp³-hybridized carbons (Fsp3) is 0.0714. The molecule has 0 aliphatic carbocycles. The van der Waals surface area contributed by atoms with Gasteiger partial charge in [0.05, 0.1) is 11.9 Å². The molecule has 3 aromatic rings. The van der Waals surface area contributed by atoms with Crippen molar-refractivity contribution in [2.75, 3.05) is 5.73 Å². The number of hydrogen-bond donors (Lipinski definition) is 1. The van der Waals surface area contributed by atoms with Gasteiger partial charge in [-0.1, -0.05) is 0 Å². The van der Waals surface area contributed by atoms with E-state index in [0.29, 0.717) is 17.2 Å². The predicted octanol–water partition coefficient (Wildman–Crippen LogP) is 2.27. The molecule has 20 heavy (non-hydrogen) atoms. The van der Waals surface area contributed by atoms with Gasteiger partial charge in [-0.3, -0.25) is 9.67 Å². The fourth-order valence-electron chi connectivity index (χ4n) is 2.02. The summed E-state index contributed by atoms with van der Waals surface area (Å²) in [6.45, 7) is 0. The van der Waals surface area contributed by atoms with E-state index in [2.05, 4.69) is 15.1 Å². The van der Waals surface area contributed by atoms with E-state index in [1.807, 2.05) is 19.3 Å². The third-order valence-corrected chi connectivity index (χ3v) is 2.89. The number of hydrogen-bond acceptors (Lipinski definition) is 4. The first-order chi connectivity index (χ1) is 9.63. The molecule has 3 heterocycles. The van der Waals surface area contributed by atoms with E-state index in [0.717, 1.165) is 11.1 Å². The molecule has 0 bridgehead atoms. The number of aromatic nitrogens is 4. The lowest BCUT2D eigenvalue weighted by Gasteiger charge is -2.02. The van der Waals surface area contributed by atoms with Crippen LogP contribution < -0.4 is 5.73 Å². The summed E-state index contributed by atoms with van der Waals surface area (Å²) in [5.74, 6) is 0.0590. The van der Waals surface area contributed by atoms with Crippen molar-refractivity contribution in [3.63, 3.8) is 0 Å². The number of halogens is 1. The number of nitrogen functional groups attached to an aromatic ring is 1. The van der Waals surface area contributed by atoms with Crippen LogP contribution >= 0.6 is 0 Å². The maximum atomic E-state index is 13.0. The Morgan fingerprint density at radius 3 is 2.75 bits per heavy atom. The van der Waals surface area contributed by atoms with Gasteiger partial charge < -0.3 is 5.73 Å². The molecule has 0 aliphatic rings. The highest BCUT2D eigenvalue weighted by atomic mass is 19.1. The predicted molar refractivity (Wildman–Crippen MR) is 74.0 cm³/mol. The summed E-state index contributed by atoms with van der Waals surface area (Å²) in [6.07, 6.45) is 4.68. The second-order valence-electron chi connectivity index (χ2n) is 4.40. The second-order valence-corrected chi connectivity index (χ2v) is 4.40. The molecule has 0 unspecified atom stereocenters. The van der Waals surface area contributed by atoms with Crippen molar-refractivity contribution >= 4 is 5.82 Å². The van der Waals surface area contributed by atoms with Crippen molar-refractivity contribution in [2.24, 2.45) is 7.05 Å². The van der Waals surface area contributed by atoms with E-state index in [1.54, 1.807) is 23.0 Å². The molecule has 2 N–H and O–H groups in total. The van der Waals surface area contributed by atoms with Gasteiger partial charge in [-0.05, 0) is 29.8 Å². The van der Waals surface area contributed by atoms with E-state index in [-0.39, 0.29) is 5.82 Å². The molecule has 0 saturated heterocycles. The lowest BCUT2D eigenvalue weighted by atomic mass is 10.1. The number of nitrogens with two attached hydrogens (primary N) is 1. The number of rotatable bonds is 2. The lowest BCUT2D eigenvalue weighted by Crippen LogP contribution is -1.91. The monoisotopic (exact) mass is 269 g/mol. The van der Waals surface area contributed by atoms with Crippen molar-refractivity contribution < 1.29 is 4.39 Å². The van der Waals surface area contributed by atoms with Crippen LogP contribution in [0.4, 0.5) is 10.2 Å². The van der Waals surface area contributed by atoms with Gasteiger partial charge in [-0.15, -0.1) is 0 Å². The van der Waals surface area contributed by atoms with E-state index in [4.69, 9.17) is 5.73 Å². The number of nitrogens with zero attached hydrogens (tertiary/aromatic N) is 4. The molecule has 5 nitrogen and oxygen atoms in total. The molecule has 3 aromatic heterocycles. The topological polar surface area (TPSA) is 69.6 Å². The van der Waals surface area contributed by atoms with Crippen LogP contribution in [0, 0.1) is 5.82 Å². The van der Waals surface area contributed by atoms with Gasteiger partial charge in [-0.25, -0.2) is 9.37 Å². The summed E-state index contributed by atoms with van der Waals surface area (Å²) in [4.78, 5) is 8.04. The summed E-state index contributed by atoms with van der Waals surface area (Å²) in [5.41, 5.74) is 8.77. The Kier molecular flexibility index (Phi) is 2.90. The summed E-state index contributed by atoms with van der Waals surface area (Å²) in [6, 6.07) is 6.58. The summed E-state index contributed by atoms with van der Waals surface area (Å²) >= 11 is 0. The minimum Gasteiger partial charge on any atom is -0.384 e. The second kappa shape index (κ2) is 4.73. The average Bonchev–Trinajstić information content (AvgIpc) is 2.82. The minimum absolute atomic E-state index is 0.376. The third kappa shape index (κ3) is 2.23. The summed E-state index contributed by atoms with van der Waals surface area (Å²) in [5, 5.41) is 4.39. The highest BCUT2D eigenvalue weighted by molar-refractivity contribution is 5.79. The highest BCUT2D eigenvalue weighted by Crippen LogP contribution is 2.30. The molecule has 0 radical (unpaired) electrons. The molecule has 6 heteroatoms. The van der Waals surface area contributed by atoms with Crippen molar-refractivity contribution in [1.29, 1.82) is 0 Å². The van der Waals surface area contributed by atoms with Crippen LogP contribution in [0.3, 0.4) is 0 Å². The van der Waals surface area contributed by atoms with Gasteiger partial charge in [0.1, 0.15) is 17.3 Å². The Morgan fingerprint density at radius 2 is 2.05 bits per heavy atom. The van der Waals surface area contributed by atoms with Crippen molar-refractivity contribution in [3.05, 3.63) is 48.7 Å². The average molecular weight is 269 g/mol. The van der Waals surface area contributed by atoms with Crippen LogP contribution in [0.2, 0.25) is 0 Å². The maximum Gasteiger partial charge on any atom is 0.141 e. The Morgan fingerprint density at radius 1 is 1.20 bits per heavy atom. The lowest BCUT2D eigenvalue weighted by molar-refractivity contribution is 0.621. The Hall–Kier alpha value is -2.76. The Bertz CT molecular complexity index is 749. The Balaban J connectivity index is 2.15. The number of aryl methyl sites for hydroxylation is 1. The molecule has 0 spiro atoms. The zero-order valence-corrected chi connectivity index (χ0v) is 10.8. The first-order valence-electron chi connectivity index (χ1n) is 6.01. The smallest absolute Gasteiger partial charge is 0.141 e. The molecular weight excluding hydrogens is 257 g/mol. The first kappa shape index (κ1) is 12.3. The largest absolute Gasteiger partial charge is 0.384 e. The van der Waals surface area contributed by atoms with E-state index >= 15 is 0 Å². The highest BCUT2D eigenvalue weighted by Gasteiger charge is 2.13. The molecule has 0 amide bonds. The normalized spacial score (nSPS) is 10.7. The van der Waals surface area contributed by atoms with Gasteiger partial charge >= 0.3 is 0 Å². The standard InChI is InChI=1S/C14H12FN5/c1-20-8-11(9-4-5-17-13(16)6-9)14(19-20)12-3-2-10(15)7-18-12/h2-8H,1H3,(H2,16,17). The fourth-order valence-corrected chi connectivity index (χ4v) is 2.02. The van der Waals surface area contributed by atoms with Gasteiger partial charge in [0.25, 0.3) is 0 Å². The van der Waals surface area contributed by atoms with Crippen LogP contribution in [-0.4, -0.2) is 19.7 Å². The molecule has 0 aliphatic heterocycles. The quantitative estimate of drug-likeness (QED) is 0.774. The van der Waals surface area contributed by atoms with Crippen molar-refractivity contribution in [2.45, 2.75) is 0 Å². The molecule has 0 saturated carbocycles. The molecule has 0 atom stereocenters. The van der Waals surface area contributed by atoms with Crippen LogP contribution in [0.1, 0.15) is 0 Å². The third-order valence-electron chi connectivity index (χ3n) is 2.89. The van der Waals surface area contributed by atoms with Crippen LogP contribution in [0.25, 0.3) is 22.5 Å². The Labute approximate surface area is 114 Å². The summed E-state index contributed by atoms with van der Waals surface area (Å²) in [7, 11) is 1.82. The minimum atomic E-state index is -0.376. The molecule has 100 valence electrons. The molecular formula is C14H12FN5. The van der Waals surface area contributed by atoms with Crippen molar-refractivity contribution in [3.8, 4) is 22.5 Å². The molecule has 0 fully saturated rings. The number of anilines is 1. The van der Waals surface area contributed by atoms with Crippen LogP contribution in [0.15, 0.2) is 42.9 Å². The zero-order valence-electron chi connectivity index (χ0n) is 10.8.